The van der Waals surface area contributed by atoms with Gasteiger partial charge in [-0.1, -0.05) is 30.3 Å². The minimum Gasteiger partial charge on any atom is -0.507 e. The van der Waals surface area contributed by atoms with Crippen LogP contribution in [0.5, 0.6) is 0 Å². The molecule has 4 rings (SSSR count). The molecule has 1 atom stereocenters. The number of nitrogens with zero attached hydrogens (tertiary/aromatic N) is 4. The highest BCUT2D eigenvalue weighted by Gasteiger charge is 2.46. The summed E-state index contributed by atoms with van der Waals surface area (Å²) >= 11 is 0. The van der Waals surface area contributed by atoms with E-state index in [1.807, 2.05) is 30.3 Å². The van der Waals surface area contributed by atoms with E-state index >= 15 is 0 Å². The van der Waals surface area contributed by atoms with Gasteiger partial charge in [0.25, 0.3) is 11.7 Å². The Morgan fingerprint density at radius 3 is 2.53 bits per heavy atom. The number of ketones is 1. The Balaban J connectivity index is 1.67. The first kappa shape index (κ1) is 22.1. The van der Waals surface area contributed by atoms with E-state index in [4.69, 9.17) is 4.74 Å². The molecule has 2 saturated heterocycles. The van der Waals surface area contributed by atoms with Crippen LogP contribution in [0.15, 0.2) is 42.1 Å². The number of Topliss-reactive ketones (excluding diaryl/α,β-unsaturated/α-hetero) is 1. The number of aryl methyl sites for hydroxylation is 2. The summed E-state index contributed by atoms with van der Waals surface area (Å²) in [5.74, 6) is -0.927. The van der Waals surface area contributed by atoms with Crippen LogP contribution in [0.25, 0.3) is 5.76 Å². The van der Waals surface area contributed by atoms with Crippen molar-refractivity contribution in [2.45, 2.75) is 26.3 Å². The Morgan fingerprint density at radius 1 is 1.12 bits per heavy atom. The van der Waals surface area contributed by atoms with Gasteiger partial charge in [-0.25, -0.2) is 9.97 Å². The Bertz CT molecular complexity index is 1030. The lowest BCUT2D eigenvalue weighted by Crippen LogP contribution is -2.38. The molecular weight excluding hydrogens is 408 g/mol. The summed E-state index contributed by atoms with van der Waals surface area (Å²) in [7, 11) is 0. The highest BCUT2D eigenvalue weighted by Crippen LogP contribution is 2.39. The number of hydrogen-bond acceptors (Lipinski definition) is 7. The van der Waals surface area contributed by atoms with E-state index in [2.05, 4.69) is 14.9 Å². The first-order valence-corrected chi connectivity index (χ1v) is 10.9. The summed E-state index contributed by atoms with van der Waals surface area (Å²) in [6, 6.07) is 8.70. The fourth-order valence-corrected chi connectivity index (χ4v) is 4.34. The lowest BCUT2D eigenvalue weighted by Gasteiger charge is -2.29. The van der Waals surface area contributed by atoms with Gasteiger partial charge in [0, 0.05) is 32.4 Å². The Morgan fingerprint density at radius 2 is 1.84 bits per heavy atom. The number of carbonyl (C=O) groups is 2. The molecule has 1 aromatic heterocycles. The third-order valence-corrected chi connectivity index (χ3v) is 5.99. The molecule has 32 heavy (non-hydrogen) atoms. The number of carbonyl (C=O) groups excluding carboxylic acids is 2. The van der Waals surface area contributed by atoms with Crippen LogP contribution in [0.1, 0.15) is 35.1 Å². The largest absolute Gasteiger partial charge is 0.507 e. The molecule has 168 valence electrons. The van der Waals surface area contributed by atoms with Crippen LogP contribution >= 0.6 is 0 Å². The maximum Gasteiger partial charge on any atom is 0.295 e. The topological polar surface area (TPSA) is 95.9 Å². The van der Waals surface area contributed by atoms with Crippen molar-refractivity contribution in [3.05, 3.63) is 64.7 Å². The van der Waals surface area contributed by atoms with Crippen LogP contribution in [0.2, 0.25) is 0 Å². The van der Waals surface area contributed by atoms with Crippen molar-refractivity contribution in [2.24, 2.45) is 0 Å². The zero-order valence-corrected chi connectivity index (χ0v) is 18.5. The predicted octanol–water partition coefficient (Wildman–Crippen LogP) is 2.24. The van der Waals surface area contributed by atoms with Gasteiger partial charge >= 0.3 is 0 Å². The minimum absolute atomic E-state index is 0.0862. The number of morpholine rings is 1. The zero-order chi connectivity index (χ0) is 22.7. The van der Waals surface area contributed by atoms with Gasteiger partial charge in [0.05, 0.1) is 36.1 Å². The minimum atomic E-state index is -0.678. The molecule has 8 heteroatoms. The molecule has 0 saturated carbocycles. The quantitative estimate of drug-likeness (QED) is 0.421. The number of rotatable bonds is 6. The molecule has 1 N–H and O–H groups in total. The maximum absolute atomic E-state index is 13.1. The number of aromatic nitrogens is 2. The van der Waals surface area contributed by atoms with Crippen molar-refractivity contribution < 1.29 is 19.4 Å². The molecule has 0 radical (unpaired) electrons. The molecule has 2 aliphatic rings. The van der Waals surface area contributed by atoms with E-state index in [0.29, 0.717) is 36.8 Å². The molecule has 0 spiro atoms. The lowest BCUT2D eigenvalue weighted by atomic mass is 9.95. The smallest absolute Gasteiger partial charge is 0.295 e. The summed E-state index contributed by atoms with van der Waals surface area (Å²) in [4.78, 5) is 38.4. The summed E-state index contributed by atoms with van der Waals surface area (Å²) in [6.45, 7) is 7.91. The number of amides is 1. The second-order valence-corrected chi connectivity index (χ2v) is 8.13. The van der Waals surface area contributed by atoms with Gasteiger partial charge in [-0.3, -0.25) is 14.5 Å². The second-order valence-electron chi connectivity index (χ2n) is 8.13. The molecular formula is C24H28N4O4. The summed E-state index contributed by atoms with van der Waals surface area (Å²) in [5, 5.41) is 11.1. The molecule has 2 aliphatic heterocycles. The molecule has 1 aromatic carbocycles. The van der Waals surface area contributed by atoms with Gasteiger partial charge < -0.3 is 14.7 Å². The van der Waals surface area contributed by atoms with Crippen LogP contribution in [-0.2, 0) is 14.3 Å². The van der Waals surface area contributed by atoms with Crippen molar-refractivity contribution in [3.63, 3.8) is 0 Å². The highest BCUT2D eigenvalue weighted by atomic mass is 16.5. The summed E-state index contributed by atoms with van der Waals surface area (Å²) in [6.07, 6.45) is 2.23. The average molecular weight is 437 g/mol. The Hall–Kier alpha value is -3.10. The van der Waals surface area contributed by atoms with Crippen molar-refractivity contribution >= 4 is 17.4 Å². The number of hydrogen-bond donors (Lipinski definition) is 1. The summed E-state index contributed by atoms with van der Waals surface area (Å²) < 4.78 is 5.39. The van der Waals surface area contributed by atoms with Gasteiger partial charge in [-0.15, -0.1) is 0 Å². The fraction of sp³-hybridized carbons (Fsp3) is 0.417. The van der Waals surface area contributed by atoms with E-state index in [9.17, 15) is 14.7 Å². The first-order valence-electron chi connectivity index (χ1n) is 10.9. The number of aliphatic hydroxyl groups excluding tert-OH is 1. The van der Waals surface area contributed by atoms with E-state index in [-0.39, 0.29) is 11.3 Å². The molecule has 8 nitrogen and oxygen atoms in total. The maximum atomic E-state index is 13.1. The number of benzene rings is 1. The SMILES string of the molecule is Cc1ncc(C(O)=C2C(=O)C(=O)N(CCCN3CCOCC3)[C@@H]2c2ccccc2)c(C)n1. The fourth-order valence-electron chi connectivity index (χ4n) is 4.34. The van der Waals surface area contributed by atoms with Crippen molar-refractivity contribution in [2.75, 3.05) is 39.4 Å². The molecule has 0 unspecified atom stereocenters. The number of likely N-dealkylation sites (tertiary alicyclic amines) is 1. The standard InChI is InChI=1S/C24H28N4O4/c1-16-19(15-25-17(2)26-16)22(29)20-21(18-7-4-3-5-8-18)28(24(31)23(20)30)10-6-9-27-11-13-32-14-12-27/h3-5,7-8,15,21,29H,6,9-14H2,1-2H3/t21-/m1/s1. The van der Waals surface area contributed by atoms with E-state index in [0.717, 1.165) is 31.6 Å². The van der Waals surface area contributed by atoms with Gasteiger partial charge in [0.15, 0.2) is 0 Å². The third kappa shape index (κ3) is 4.42. The van der Waals surface area contributed by atoms with Gasteiger partial charge in [-0.2, -0.15) is 0 Å². The Kier molecular flexibility index (Phi) is 6.62. The van der Waals surface area contributed by atoms with Crippen LogP contribution in [0.4, 0.5) is 0 Å². The monoisotopic (exact) mass is 436 g/mol. The van der Waals surface area contributed by atoms with E-state index < -0.39 is 17.7 Å². The van der Waals surface area contributed by atoms with Crippen molar-refractivity contribution in [3.8, 4) is 0 Å². The van der Waals surface area contributed by atoms with Crippen molar-refractivity contribution in [1.82, 2.24) is 19.8 Å². The highest BCUT2D eigenvalue weighted by molar-refractivity contribution is 6.46. The molecule has 3 heterocycles. The van der Waals surface area contributed by atoms with Crippen molar-refractivity contribution in [1.29, 1.82) is 0 Å². The van der Waals surface area contributed by atoms with Crippen LogP contribution < -0.4 is 0 Å². The van der Waals surface area contributed by atoms with E-state index in [1.54, 1.807) is 18.7 Å². The van der Waals surface area contributed by atoms with Gasteiger partial charge in [-0.05, 0) is 25.8 Å². The molecule has 2 fully saturated rings. The van der Waals surface area contributed by atoms with Crippen LogP contribution in [0, 0.1) is 13.8 Å². The van der Waals surface area contributed by atoms with Gasteiger partial charge in [0.2, 0.25) is 0 Å². The van der Waals surface area contributed by atoms with Crippen LogP contribution in [0.3, 0.4) is 0 Å². The zero-order valence-electron chi connectivity index (χ0n) is 18.5. The molecule has 0 aliphatic carbocycles. The summed E-state index contributed by atoms with van der Waals surface area (Å²) in [5.41, 5.74) is 1.79. The molecule has 0 bridgehead atoms. The number of aliphatic hydroxyl groups is 1. The predicted molar refractivity (Wildman–Crippen MR) is 119 cm³/mol. The lowest BCUT2D eigenvalue weighted by molar-refractivity contribution is -0.140. The van der Waals surface area contributed by atoms with Crippen LogP contribution in [-0.4, -0.2) is 76.0 Å². The average Bonchev–Trinajstić information content (AvgIpc) is 3.05. The van der Waals surface area contributed by atoms with Gasteiger partial charge in [0.1, 0.15) is 11.6 Å². The van der Waals surface area contributed by atoms with E-state index in [1.165, 1.54) is 6.20 Å². The normalized spacial score (nSPS) is 21.3. The third-order valence-electron chi connectivity index (χ3n) is 5.99. The number of ether oxygens (including phenoxy) is 1. The molecule has 1 amide bonds. The first-order chi connectivity index (χ1) is 15.5. The molecule has 2 aromatic rings. The Labute approximate surface area is 187 Å². The second kappa shape index (κ2) is 9.58.